The van der Waals surface area contributed by atoms with E-state index >= 15 is 0 Å². The molecule has 0 unspecified atom stereocenters. The lowest BCUT2D eigenvalue weighted by Crippen LogP contribution is -1.92. The highest BCUT2D eigenvalue weighted by Gasteiger charge is 2.05. The van der Waals surface area contributed by atoms with E-state index in [9.17, 15) is 4.39 Å². The molecule has 0 saturated carbocycles. The van der Waals surface area contributed by atoms with E-state index in [1.54, 1.807) is 25.4 Å². The number of aliphatic imine (C=N–C) groups is 1. The molecule has 0 spiro atoms. The molecule has 0 bridgehead atoms. The van der Waals surface area contributed by atoms with Crippen LogP contribution < -0.4 is 0 Å². The van der Waals surface area contributed by atoms with Gasteiger partial charge in [0.05, 0.1) is 5.52 Å². The number of nitrogens with zero attached hydrogens (tertiary/aromatic N) is 2. The van der Waals surface area contributed by atoms with E-state index in [1.165, 1.54) is 12.1 Å². The maximum absolute atomic E-state index is 13.1. The Morgan fingerprint density at radius 1 is 1.09 bits per heavy atom. The van der Waals surface area contributed by atoms with Gasteiger partial charge >= 0.3 is 0 Å². The van der Waals surface area contributed by atoms with E-state index in [1.807, 2.05) is 12.3 Å². The molecule has 0 saturated heterocycles. The SMILES string of the molecule is CN=C/C=C(\C)c1ccc2ccn(-c3ccc(F)cc3)c2c1. The van der Waals surface area contributed by atoms with Crippen molar-refractivity contribution < 1.29 is 4.39 Å². The Hall–Kier alpha value is -2.68. The Morgan fingerprint density at radius 2 is 1.86 bits per heavy atom. The Kier molecular flexibility index (Phi) is 3.88. The molecule has 3 rings (SSSR count). The Bertz CT molecular complexity index is 855. The lowest BCUT2D eigenvalue weighted by molar-refractivity contribution is 0.627. The van der Waals surface area contributed by atoms with E-state index in [-0.39, 0.29) is 5.82 Å². The molecule has 0 aliphatic rings. The largest absolute Gasteiger partial charge is 0.317 e. The summed E-state index contributed by atoms with van der Waals surface area (Å²) in [4.78, 5) is 3.98. The fourth-order valence-electron chi connectivity index (χ4n) is 2.48. The van der Waals surface area contributed by atoms with Crippen LogP contribution in [0.5, 0.6) is 0 Å². The van der Waals surface area contributed by atoms with Gasteiger partial charge in [-0.2, -0.15) is 0 Å². The van der Waals surface area contributed by atoms with Crippen molar-refractivity contribution in [2.75, 3.05) is 7.05 Å². The Balaban J connectivity index is 2.11. The lowest BCUT2D eigenvalue weighted by atomic mass is 10.1. The summed E-state index contributed by atoms with van der Waals surface area (Å²) in [7, 11) is 1.76. The molecule has 2 aromatic carbocycles. The number of rotatable bonds is 3. The van der Waals surface area contributed by atoms with Gasteiger partial charge in [-0.1, -0.05) is 12.1 Å². The number of hydrogen-bond donors (Lipinski definition) is 0. The normalized spacial score (nSPS) is 12.4. The topological polar surface area (TPSA) is 17.3 Å². The Morgan fingerprint density at radius 3 is 2.59 bits per heavy atom. The van der Waals surface area contributed by atoms with Crippen LogP contribution in [-0.4, -0.2) is 17.8 Å². The number of aromatic nitrogens is 1. The van der Waals surface area contributed by atoms with Gasteiger partial charge in [0.15, 0.2) is 0 Å². The highest BCUT2D eigenvalue weighted by Crippen LogP contribution is 2.24. The van der Waals surface area contributed by atoms with Gasteiger partial charge in [-0.15, -0.1) is 0 Å². The summed E-state index contributed by atoms with van der Waals surface area (Å²) in [5, 5.41) is 1.16. The molecule has 0 aliphatic carbocycles. The van der Waals surface area contributed by atoms with Crippen LogP contribution >= 0.6 is 0 Å². The van der Waals surface area contributed by atoms with Crippen LogP contribution in [0.25, 0.3) is 22.2 Å². The molecular formula is C19H17FN2. The summed E-state index contributed by atoms with van der Waals surface area (Å²) in [6.07, 6.45) is 5.79. The minimum atomic E-state index is -0.224. The van der Waals surface area contributed by atoms with Gasteiger partial charge in [0.1, 0.15) is 5.82 Å². The average Bonchev–Trinajstić information content (AvgIpc) is 2.96. The molecule has 0 atom stereocenters. The van der Waals surface area contributed by atoms with Crippen molar-refractivity contribution in [3.63, 3.8) is 0 Å². The number of hydrogen-bond acceptors (Lipinski definition) is 1. The van der Waals surface area contributed by atoms with E-state index in [0.717, 1.165) is 27.7 Å². The third kappa shape index (κ3) is 2.70. The van der Waals surface area contributed by atoms with Gasteiger partial charge in [-0.05, 0) is 65.9 Å². The first-order chi connectivity index (χ1) is 10.7. The van der Waals surface area contributed by atoms with Crippen LogP contribution in [-0.2, 0) is 0 Å². The highest BCUT2D eigenvalue weighted by molar-refractivity contribution is 5.89. The fraction of sp³-hybridized carbons (Fsp3) is 0.105. The maximum Gasteiger partial charge on any atom is 0.123 e. The average molecular weight is 292 g/mol. The van der Waals surface area contributed by atoms with Gasteiger partial charge in [0.2, 0.25) is 0 Å². The molecule has 1 heterocycles. The van der Waals surface area contributed by atoms with Crippen LogP contribution in [0.15, 0.2) is 65.8 Å². The third-order valence-electron chi connectivity index (χ3n) is 3.73. The Labute approximate surface area is 129 Å². The molecule has 3 aromatic rings. The molecule has 0 N–H and O–H groups in total. The first kappa shape index (κ1) is 14.3. The highest BCUT2D eigenvalue weighted by atomic mass is 19.1. The molecule has 0 fully saturated rings. The molecule has 1 aromatic heterocycles. The predicted molar refractivity (Wildman–Crippen MR) is 91.3 cm³/mol. The molecule has 22 heavy (non-hydrogen) atoms. The zero-order chi connectivity index (χ0) is 15.5. The third-order valence-corrected chi connectivity index (χ3v) is 3.73. The first-order valence-corrected chi connectivity index (χ1v) is 7.15. The van der Waals surface area contributed by atoms with E-state index < -0.39 is 0 Å². The first-order valence-electron chi connectivity index (χ1n) is 7.15. The zero-order valence-electron chi connectivity index (χ0n) is 12.6. The number of allylic oxidation sites excluding steroid dienone is 2. The van der Waals surface area contributed by atoms with Gasteiger partial charge in [-0.25, -0.2) is 4.39 Å². The van der Waals surface area contributed by atoms with Crippen LogP contribution in [0, 0.1) is 5.82 Å². The molecule has 0 amide bonds. The van der Waals surface area contributed by atoms with Crippen molar-refractivity contribution in [3.05, 3.63) is 72.2 Å². The molecule has 110 valence electrons. The zero-order valence-corrected chi connectivity index (χ0v) is 12.6. The fourth-order valence-corrected chi connectivity index (χ4v) is 2.48. The number of halogens is 1. The standard InChI is InChI=1S/C19H17FN2/c1-14(9-11-21-2)16-4-3-15-10-12-22(19(15)13-16)18-7-5-17(20)6-8-18/h3-13H,1-2H3/b14-9+,21-11?. The van der Waals surface area contributed by atoms with Crippen molar-refractivity contribution in [1.82, 2.24) is 4.57 Å². The quantitative estimate of drug-likeness (QED) is 0.613. The second-order valence-electron chi connectivity index (χ2n) is 5.19. The van der Waals surface area contributed by atoms with E-state index in [2.05, 4.69) is 40.7 Å². The number of fused-ring (bicyclic) bond motifs is 1. The second kappa shape index (κ2) is 5.98. The van der Waals surface area contributed by atoms with Gasteiger partial charge < -0.3 is 4.57 Å². The molecular weight excluding hydrogens is 275 g/mol. The van der Waals surface area contributed by atoms with Crippen LogP contribution in [0.1, 0.15) is 12.5 Å². The molecule has 0 aliphatic heterocycles. The van der Waals surface area contributed by atoms with E-state index in [0.29, 0.717) is 0 Å². The lowest BCUT2D eigenvalue weighted by Gasteiger charge is -2.07. The van der Waals surface area contributed by atoms with Crippen molar-refractivity contribution in [1.29, 1.82) is 0 Å². The smallest absolute Gasteiger partial charge is 0.123 e. The summed E-state index contributed by atoms with van der Waals surface area (Å²) in [6, 6.07) is 14.9. The van der Waals surface area contributed by atoms with Crippen molar-refractivity contribution in [2.24, 2.45) is 4.99 Å². The maximum atomic E-state index is 13.1. The van der Waals surface area contributed by atoms with Crippen LogP contribution in [0.3, 0.4) is 0 Å². The predicted octanol–water partition coefficient (Wildman–Crippen LogP) is 4.87. The van der Waals surface area contributed by atoms with Gasteiger partial charge in [-0.3, -0.25) is 4.99 Å². The van der Waals surface area contributed by atoms with E-state index in [4.69, 9.17) is 0 Å². The molecule has 0 radical (unpaired) electrons. The number of benzene rings is 2. The van der Waals surface area contributed by atoms with Crippen LogP contribution in [0.4, 0.5) is 4.39 Å². The minimum Gasteiger partial charge on any atom is -0.317 e. The molecule has 3 heteroatoms. The summed E-state index contributed by atoms with van der Waals surface area (Å²) in [6.45, 7) is 2.06. The monoisotopic (exact) mass is 292 g/mol. The minimum absolute atomic E-state index is 0.224. The second-order valence-corrected chi connectivity index (χ2v) is 5.19. The molecule has 2 nitrogen and oxygen atoms in total. The van der Waals surface area contributed by atoms with Gasteiger partial charge in [0, 0.05) is 25.1 Å². The van der Waals surface area contributed by atoms with Crippen LogP contribution in [0.2, 0.25) is 0 Å². The van der Waals surface area contributed by atoms with Crippen molar-refractivity contribution in [2.45, 2.75) is 6.92 Å². The van der Waals surface area contributed by atoms with Crippen molar-refractivity contribution >= 4 is 22.7 Å². The van der Waals surface area contributed by atoms with Crippen molar-refractivity contribution in [3.8, 4) is 5.69 Å². The van der Waals surface area contributed by atoms with Gasteiger partial charge in [0.25, 0.3) is 0 Å². The summed E-state index contributed by atoms with van der Waals surface area (Å²) >= 11 is 0. The summed E-state index contributed by atoms with van der Waals surface area (Å²) in [5.41, 5.74) is 4.35. The summed E-state index contributed by atoms with van der Waals surface area (Å²) in [5.74, 6) is -0.224. The summed E-state index contributed by atoms with van der Waals surface area (Å²) < 4.78 is 15.2.